The molecule has 1 atom stereocenters. The van der Waals surface area contributed by atoms with E-state index in [-0.39, 0.29) is 22.3 Å². The minimum Gasteiger partial charge on any atom is -0.503 e. The molecule has 0 saturated carbocycles. The largest absolute Gasteiger partial charge is 0.503 e. The lowest BCUT2D eigenvalue weighted by Gasteiger charge is -2.30. The van der Waals surface area contributed by atoms with Crippen molar-refractivity contribution >= 4 is 57.7 Å². The first-order chi connectivity index (χ1) is 14.6. The standard InChI is InChI=1S/C19H16ClIN2O4.C2H4O2/c1-9(24)13-16(10-6-4-3-5-7-10)22-19(26)23-17(13)11-8-12(27-2)18(25)15(21)14(11)20;1-2(3)4/h3-8,17,25H,1-2H3,(H2,22,23,26);1H3,(H,3,4). The average molecular weight is 559 g/mol. The second-order valence-corrected chi connectivity index (χ2v) is 7.86. The zero-order valence-corrected chi connectivity index (χ0v) is 19.7. The molecule has 0 radical (unpaired) electrons. The van der Waals surface area contributed by atoms with Crippen molar-refractivity contribution in [3.8, 4) is 11.5 Å². The lowest BCUT2D eigenvalue weighted by atomic mass is 9.90. The van der Waals surface area contributed by atoms with Crippen molar-refractivity contribution in [2.24, 2.45) is 0 Å². The van der Waals surface area contributed by atoms with Crippen molar-refractivity contribution in [1.82, 2.24) is 10.6 Å². The lowest BCUT2D eigenvalue weighted by molar-refractivity contribution is -0.134. The normalized spacial score (nSPS) is 15.3. The Hall–Kier alpha value is -2.79. The van der Waals surface area contributed by atoms with Gasteiger partial charge in [0, 0.05) is 18.1 Å². The van der Waals surface area contributed by atoms with Gasteiger partial charge in [-0.2, -0.15) is 0 Å². The fourth-order valence-corrected chi connectivity index (χ4v) is 3.82. The third-order valence-corrected chi connectivity index (χ3v) is 6.00. The van der Waals surface area contributed by atoms with Crippen LogP contribution < -0.4 is 15.4 Å². The van der Waals surface area contributed by atoms with Gasteiger partial charge in [-0.15, -0.1) is 0 Å². The van der Waals surface area contributed by atoms with Crippen LogP contribution in [-0.4, -0.2) is 35.1 Å². The molecule has 1 unspecified atom stereocenters. The molecule has 3 rings (SSSR count). The Morgan fingerprint density at radius 1 is 1.19 bits per heavy atom. The summed E-state index contributed by atoms with van der Waals surface area (Å²) in [4.78, 5) is 33.8. The highest BCUT2D eigenvalue weighted by molar-refractivity contribution is 14.1. The maximum atomic E-state index is 12.5. The summed E-state index contributed by atoms with van der Waals surface area (Å²) in [5.41, 5.74) is 1.96. The maximum absolute atomic E-state index is 12.5. The number of carboxylic acid groups (broad SMARTS) is 1. The number of methoxy groups -OCH3 is 1. The van der Waals surface area contributed by atoms with Crippen molar-refractivity contribution in [2.75, 3.05) is 7.11 Å². The highest BCUT2D eigenvalue weighted by Crippen LogP contribution is 2.43. The Morgan fingerprint density at radius 2 is 1.77 bits per heavy atom. The number of ether oxygens (including phenoxy) is 1. The van der Waals surface area contributed by atoms with Gasteiger partial charge < -0.3 is 25.6 Å². The number of aliphatic carboxylic acids is 1. The van der Waals surface area contributed by atoms with Crippen LogP contribution in [0.1, 0.15) is 31.0 Å². The van der Waals surface area contributed by atoms with Crippen LogP contribution in [-0.2, 0) is 9.59 Å². The molecule has 2 amide bonds. The van der Waals surface area contributed by atoms with E-state index in [2.05, 4.69) is 10.6 Å². The number of nitrogens with one attached hydrogen (secondary N) is 2. The third-order valence-electron chi connectivity index (χ3n) is 4.22. The van der Waals surface area contributed by atoms with Crippen molar-refractivity contribution in [3.05, 3.63) is 61.7 Å². The van der Waals surface area contributed by atoms with Gasteiger partial charge in [0.1, 0.15) is 0 Å². The van der Waals surface area contributed by atoms with Gasteiger partial charge in [-0.3, -0.25) is 9.59 Å². The molecule has 2 aromatic rings. The topological polar surface area (TPSA) is 125 Å². The van der Waals surface area contributed by atoms with Crippen LogP contribution in [0.2, 0.25) is 5.02 Å². The summed E-state index contributed by atoms with van der Waals surface area (Å²) in [6.45, 7) is 2.51. The van der Waals surface area contributed by atoms with Crippen LogP contribution in [0.25, 0.3) is 5.70 Å². The molecule has 1 aliphatic rings. The number of Topliss-reactive ketones (excluding diaryl/α,β-unsaturated/α-hetero) is 1. The van der Waals surface area contributed by atoms with Crippen molar-refractivity contribution in [3.63, 3.8) is 0 Å². The first kappa shape index (κ1) is 24.5. The second-order valence-electron chi connectivity index (χ2n) is 6.41. The molecule has 0 fully saturated rings. The number of phenolic OH excluding ortho intramolecular Hbond substituents is 1. The number of hydrogen-bond acceptors (Lipinski definition) is 5. The predicted molar refractivity (Wildman–Crippen MR) is 124 cm³/mol. The van der Waals surface area contributed by atoms with Crippen LogP contribution in [0.4, 0.5) is 4.79 Å². The van der Waals surface area contributed by atoms with Gasteiger partial charge in [-0.25, -0.2) is 4.79 Å². The Labute approximate surface area is 197 Å². The van der Waals surface area contributed by atoms with Gasteiger partial charge in [0.15, 0.2) is 17.3 Å². The SMILES string of the molecule is CC(=O)O.COc1cc(C2NC(=O)NC(c3ccccc3)=C2C(C)=O)c(Cl)c(I)c1O. The van der Waals surface area contributed by atoms with Crippen molar-refractivity contribution in [2.45, 2.75) is 19.9 Å². The molecule has 2 aromatic carbocycles. The smallest absolute Gasteiger partial charge is 0.320 e. The van der Waals surface area contributed by atoms with Crippen LogP contribution in [0.15, 0.2) is 42.0 Å². The molecular weight excluding hydrogens is 539 g/mol. The number of amides is 2. The molecular formula is C21H20ClIN2O6. The zero-order chi connectivity index (χ0) is 23.3. The van der Waals surface area contributed by atoms with E-state index in [4.69, 9.17) is 26.2 Å². The molecule has 0 saturated heterocycles. The monoisotopic (exact) mass is 558 g/mol. The number of carbonyl (C=O) groups is 3. The van der Waals surface area contributed by atoms with E-state index < -0.39 is 18.0 Å². The number of carbonyl (C=O) groups excluding carboxylic acids is 2. The molecule has 31 heavy (non-hydrogen) atoms. The van der Waals surface area contributed by atoms with Gasteiger partial charge in [0.25, 0.3) is 5.97 Å². The van der Waals surface area contributed by atoms with Crippen molar-refractivity contribution < 1.29 is 29.3 Å². The molecule has 8 nitrogen and oxygen atoms in total. The summed E-state index contributed by atoms with van der Waals surface area (Å²) in [7, 11) is 1.42. The van der Waals surface area contributed by atoms with E-state index in [9.17, 15) is 14.7 Å². The van der Waals surface area contributed by atoms with Crippen LogP contribution >= 0.6 is 34.2 Å². The fourth-order valence-electron chi connectivity index (χ4n) is 2.99. The van der Waals surface area contributed by atoms with Gasteiger partial charge in [0.2, 0.25) is 0 Å². The summed E-state index contributed by atoms with van der Waals surface area (Å²) in [6.07, 6.45) is 0. The van der Waals surface area contributed by atoms with Gasteiger partial charge in [-0.05, 0) is 41.1 Å². The minimum atomic E-state index is -0.833. The van der Waals surface area contributed by atoms with Crippen LogP contribution in [0.3, 0.4) is 0 Å². The summed E-state index contributed by atoms with van der Waals surface area (Å²) < 4.78 is 5.58. The first-order valence-corrected chi connectivity index (χ1v) is 10.4. The fraction of sp³-hybridized carbons (Fsp3) is 0.190. The van der Waals surface area contributed by atoms with Crippen LogP contribution in [0, 0.1) is 3.57 Å². The maximum Gasteiger partial charge on any atom is 0.320 e. The molecule has 0 spiro atoms. The number of carboxylic acids is 1. The number of phenols is 1. The molecule has 4 N–H and O–H groups in total. The van der Waals surface area contributed by atoms with E-state index in [1.165, 1.54) is 20.1 Å². The Morgan fingerprint density at radius 3 is 2.29 bits per heavy atom. The van der Waals surface area contributed by atoms with E-state index in [0.717, 1.165) is 6.92 Å². The van der Waals surface area contributed by atoms with E-state index in [1.807, 2.05) is 52.9 Å². The first-order valence-electron chi connectivity index (χ1n) is 8.90. The Bertz CT molecular complexity index is 1050. The molecule has 1 aliphatic heterocycles. The summed E-state index contributed by atoms with van der Waals surface area (Å²) >= 11 is 8.34. The van der Waals surface area contributed by atoms with Crippen LogP contribution in [0.5, 0.6) is 11.5 Å². The van der Waals surface area contributed by atoms with Crippen molar-refractivity contribution in [1.29, 1.82) is 0 Å². The van der Waals surface area contributed by atoms with E-state index in [1.54, 1.807) is 0 Å². The van der Waals surface area contributed by atoms with E-state index >= 15 is 0 Å². The Balaban J connectivity index is 0.000000785. The molecule has 0 bridgehead atoms. The van der Waals surface area contributed by atoms with E-state index in [0.29, 0.717) is 26.0 Å². The number of aromatic hydroxyl groups is 1. The number of benzene rings is 2. The molecule has 10 heteroatoms. The van der Waals surface area contributed by atoms with Gasteiger partial charge in [0.05, 0.1) is 27.4 Å². The average Bonchev–Trinajstić information content (AvgIpc) is 2.71. The molecule has 0 aromatic heterocycles. The number of ketones is 1. The number of rotatable bonds is 4. The number of halogens is 2. The second kappa shape index (κ2) is 10.5. The molecule has 0 aliphatic carbocycles. The van der Waals surface area contributed by atoms with Gasteiger partial charge >= 0.3 is 6.03 Å². The minimum absolute atomic E-state index is 0.0938. The number of urea groups is 1. The third kappa shape index (κ3) is 5.67. The predicted octanol–water partition coefficient (Wildman–Crippen LogP) is 4.10. The lowest BCUT2D eigenvalue weighted by Crippen LogP contribution is -2.44. The summed E-state index contributed by atoms with van der Waals surface area (Å²) in [5, 5.41) is 23.3. The number of hydrogen-bond donors (Lipinski definition) is 4. The zero-order valence-electron chi connectivity index (χ0n) is 16.8. The highest BCUT2D eigenvalue weighted by atomic mass is 127. The summed E-state index contributed by atoms with van der Waals surface area (Å²) in [5.74, 6) is -0.941. The highest BCUT2D eigenvalue weighted by Gasteiger charge is 2.34. The summed E-state index contributed by atoms with van der Waals surface area (Å²) in [6, 6.07) is 9.40. The molecule has 164 valence electrons. The quantitative estimate of drug-likeness (QED) is 0.419. The Kier molecular flexibility index (Phi) is 8.28. The van der Waals surface area contributed by atoms with Gasteiger partial charge in [-0.1, -0.05) is 41.9 Å². The molecule has 1 heterocycles.